The maximum atomic E-state index is 11.3. The number of rotatable bonds is 8. The molecule has 1 fully saturated rings. The molecule has 0 bridgehead atoms. The van der Waals surface area contributed by atoms with Gasteiger partial charge in [0.15, 0.2) is 6.29 Å². The molecule has 1 amide bonds. The van der Waals surface area contributed by atoms with Crippen LogP contribution < -0.4 is 11.1 Å². The Bertz CT molecular complexity index is 1100. The number of anilines is 1. The molecule has 0 radical (unpaired) electrons. The molecule has 1 saturated heterocycles. The Labute approximate surface area is 210 Å². The SMILES string of the molecule is CC(=O)Nc1ccc(SC[C@@H]2O[C@H](c3ccc(CN)cc3)O[C@H](c3ccc(CO)cc3)[C@@H]2C)cc1. The molecule has 0 aliphatic carbocycles. The summed E-state index contributed by atoms with van der Waals surface area (Å²) < 4.78 is 13.0. The van der Waals surface area contributed by atoms with Gasteiger partial charge in [0.05, 0.1) is 18.8 Å². The molecule has 1 heterocycles. The third-order valence-electron chi connectivity index (χ3n) is 6.20. The molecular weight excluding hydrogens is 460 g/mol. The Hall–Kier alpha value is -2.68. The zero-order chi connectivity index (χ0) is 24.8. The van der Waals surface area contributed by atoms with Crippen molar-refractivity contribution in [3.05, 3.63) is 95.1 Å². The number of hydrogen-bond acceptors (Lipinski definition) is 6. The van der Waals surface area contributed by atoms with E-state index in [9.17, 15) is 9.90 Å². The molecule has 3 aromatic carbocycles. The first-order valence-corrected chi connectivity index (χ1v) is 12.8. The number of aliphatic hydroxyl groups excluding tert-OH is 1. The molecule has 184 valence electrons. The van der Waals surface area contributed by atoms with Crippen LogP contribution in [0.25, 0.3) is 0 Å². The molecule has 1 aliphatic heterocycles. The van der Waals surface area contributed by atoms with Gasteiger partial charge >= 0.3 is 0 Å². The van der Waals surface area contributed by atoms with Gasteiger partial charge < -0.3 is 25.6 Å². The third kappa shape index (κ3) is 6.51. The highest BCUT2D eigenvalue weighted by Crippen LogP contribution is 2.43. The lowest BCUT2D eigenvalue weighted by Gasteiger charge is -2.41. The van der Waals surface area contributed by atoms with Gasteiger partial charge in [-0.05, 0) is 41.0 Å². The van der Waals surface area contributed by atoms with E-state index in [1.165, 1.54) is 6.92 Å². The van der Waals surface area contributed by atoms with Gasteiger partial charge in [-0.2, -0.15) is 0 Å². The number of carbonyl (C=O) groups excluding carboxylic acids is 1. The Morgan fingerprint density at radius 2 is 1.57 bits per heavy atom. The van der Waals surface area contributed by atoms with Crippen molar-refractivity contribution in [3.63, 3.8) is 0 Å². The minimum Gasteiger partial charge on any atom is -0.392 e. The number of benzene rings is 3. The van der Waals surface area contributed by atoms with Gasteiger partial charge in [0.2, 0.25) is 5.91 Å². The van der Waals surface area contributed by atoms with Crippen molar-refractivity contribution in [2.24, 2.45) is 11.7 Å². The van der Waals surface area contributed by atoms with Crippen LogP contribution in [-0.2, 0) is 27.4 Å². The first-order valence-electron chi connectivity index (χ1n) is 11.8. The molecule has 6 nitrogen and oxygen atoms in total. The number of carbonyl (C=O) groups is 1. The largest absolute Gasteiger partial charge is 0.392 e. The molecule has 35 heavy (non-hydrogen) atoms. The van der Waals surface area contributed by atoms with Crippen LogP contribution in [0.4, 0.5) is 5.69 Å². The molecule has 0 aromatic heterocycles. The van der Waals surface area contributed by atoms with Crippen molar-refractivity contribution in [2.75, 3.05) is 11.1 Å². The first-order chi connectivity index (χ1) is 17.0. The predicted molar refractivity (Wildman–Crippen MR) is 139 cm³/mol. The predicted octanol–water partition coefficient (Wildman–Crippen LogP) is 5.18. The number of aliphatic hydroxyl groups is 1. The summed E-state index contributed by atoms with van der Waals surface area (Å²) in [6, 6.07) is 23.8. The minimum absolute atomic E-state index is 0.0145. The van der Waals surface area contributed by atoms with Gasteiger partial charge in [-0.15, -0.1) is 11.8 Å². The topological polar surface area (TPSA) is 93.8 Å². The second kappa shape index (κ2) is 11.8. The van der Waals surface area contributed by atoms with Crippen molar-refractivity contribution in [1.29, 1.82) is 0 Å². The highest BCUT2D eigenvalue weighted by Gasteiger charge is 2.38. The maximum Gasteiger partial charge on any atom is 0.221 e. The molecule has 4 atom stereocenters. The molecule has 7 heteroatoms. The van der Waals surface area contributed by atoms with Crippen LogP contribution in [0.2, 0.25) is 0 Å². The Kier molecular flexibility index (Phi) is 8.59. The van der Waals surface area contributed by atoms with Crippen LogP contribution >= 0.6 is 11.8 Å². The maximum absolute atomic E-state index is 11.3. The number of ether oxygens (including phenoxy) is 2. The monoisotopic (exact) mass is 492 g/mol. The van der Waals surface area contributed by atoms with E-state index in [1.807, 2.05) is 72.8 Å². The summed E-state index contributed by atoms with van der Waals surface area (Å²) in [7, 11) is 0. The van der Waals surface area contributed by atoms with Crippen LogP contribution in [0.5, 0.6) is 0 Å². The summed E-state index contributed by atoms with van der Waals surface area (Å²) in [6.07, 6.45) is -0.692. The summed E-state index contributed by atoms with van der Waals surface area (Å²) in [5, 5.41) is 12.2. The van der Waals surface area contributed by atoms with Crippen molar-refractivity contribution in [3.8, 4) is 0 Å². The Balaban J connectivity index is 1.53. The Morgan fingerprint density at radius 1 is 0.943 bits per heavy atom. The highest BCUT2D eigenvalue weighted by atomic mass is 32.2. The third-order valence-corrected chi connectivity index (χ3v) is 7.30. The lowest BCUT2D eigenvalue weighted by molar-refractivity contribution is -0.268. The van der Waals surface area contributed by atoms with Gasteiger partial charge in [-0.25, -0.2) is 0 Å². The van der Waals surface area contributed by atoms with E-state index in [4.69, 9.17) is 15.2 Å². The van der Waals surface area contributed by atoms with E-state index in [1.54, 1.807) is 11.8 Å². The first kappa shape index (κ1) is 25.4. The zero-order valence-corrected chi connectivity index (χ0v) is 20.8. The van der Waals surface area contributed by atoms with E-state index < -0.39 is 6.29 Å². The molecule has 4 N–H and O–H groups in total. The molecule has 1 aliphatic rings. The van der Waals surface area contributed by atoms with E-state index in [0.29, 0.717) is 6.54 Å². The zero-order valence-electron chi connectivity index (χ0n) is 20.0. The van der Waals surface area contributed by atoms with Crippen LogP contribution in [0, 0.1) is 5.92 Å². The quantitative estimate of drug-likeness (QED) is 0.375. The summed E-state index contributed by atoms with van der Waals surface area (Å²) in [5.74, 6) is 0.784. The van der Waals surface area contributed by atoms with E-state index in [0.717, 1.165) is 38.6 Å². The van der Waals surface area contributed by atoms with Crippen LogP contribution in [-0.4, -0.2) is 22.9 Å². The lowest BCUT2D eigenvalue weighted by Crippen LogP contribution is -2.38. The number of nitrogens with two attached hydrogens (primary N) is 1. The normalized spacial score (nSPS) is 22.1. The molecule has 0 saturated carbocycles. The van der Waals surface area contributed by atoms with E-state index in [2.05, 4.69) is 12.2 Å². The van der Waals surface area contributed by atoms with Gasteiger partial charge in [0.1, 0.15) is 0 Å². The summed E-state index contributed by atoms with van der Waals surface area (Å²) in [6.45, 7) is 4.16. The molecular formula is C28H32N2O4S. The Morgan fingerprint density at radius 3 is 2.17 bits per heavy atom. The fraction of sp³-hybridized carbons (Fsp3) is 0.321. The fourth-order valence-electron chi connectivity index (χ4n) is 4.14. The van der Waals surface area contributed by atoms with Crippen molar-refractivity contribution >= 4 is 23.4 Å². The van der Waals surface area contributed by atoms with Gasteiger partial charge in [-0.3, -0.25) is 4.79 Å². The average molecular weight is 493 g/mol. The summed E-state index contributed by atoms with van der Waals surface area (Å²) in [5.41, 5.74) is 10.5. The number of amides is 1. The number of hydrogen-bond donors (Lipinski definition) is 3. The van der Waals surface area contributed by atoms with Crippen LogP contribution in [0.3, 0.4) is 0 Å². The van der Waals surface area contributed by atoms with E-state index in [-0.39, 0.29) is 30.6 Å². The van der Waals surface area contributed by atoms with E-state index >= 15 is 0 Å². The van der Waals surface area contributed by atoms with Crippen molar-refractivity contribution < 1.29 is 19.4 Å². The molecule has 3 aromatic rings. The second-order valence-electron chi connectivity index (χ2n) is 8.78. The lowest BCUT2D eigenvalue weighted by atomic mass is 9.91. The number of thioether (sulfide) groups is 1. The van der Waals surface area contributed by atoms with Crippen molar-refractivity contribution in [1.82, 2.24) is 0 Å². The summed E-state index contributed by atoms with van der Waals surface area (Å²) >= 11 is 1.72. The summed E-state index contributed by atoms with van der Waals surface area (Å²) in [4.78, 5) is 12.4. The van der Waals surface area contributed by atoms with Crippen LogP contribution in [0.1, 0.15) is 48.5 Å². The van der Waals surface area contributed by atoms with Gasteiger partial charge in [0.25, 0.3) is 0 Å². The highest BCUT2D eigenvalue weighted by molar-refractivity contribution is 7.99. The van der Waals surface area contributed by atoms with Gasteiger partial charge in [0, 0.05) is 41.3 Å². The second-order valence-corrected chi connectivity index (χ2v) is 9.88. The standard InChI is InChI=1S/C28H32N2O4S/c1-18-26(17-35-25-13-11-24(12-14-25)30-19(2)32)33-28(23-9-3-20(15-29)4-10-23)34-27(18)22-7-5-21(16-31)6-8-22/h3-14,18,26-28,31H,15-17,29H2,1-2H3,(H,30,32)/t18-,26+,27+,28+/m1/s1. The average Bonchev–Trinajstić information content (AvgIpc) is 2.89. The fourth-order valence-corrected chi connectivity index (χ4v) is 5.20. The van der Waals surface area contributed by atoms with Crippen LogP contribution in [0.15, 0.2) is 77.7 Å². The molecule has 0 unspecified atom stereocenters. The molecule has 0 spiro atoms. The smallest absolute Gasteiger partial charge is 0.221 e. The van der Waals surface area contributed by atoms with Crippen molar-refractivity contribution in [2.45, 2.75) is 50.4 Å². The minimum atomic E-state index is -0.492. The van der Waals surface area contributed by atoms with Gasteiger partial charge in [-0.1, -0.05) is 55.5 Å². The molecule has 4 rings (SSSR count). The number of nitrogens with one attached hydrogen (secondary N) is 1.